The van der Waals surface area contributed by atoms with Gasteiger partial charge in [-0.1, -0.05) is 29.8 Å². The second kappa shape index (κ2) is 11.1. The number of aromatic nitrogens is 6. The molecule has 0 unspecified atom stereocenters. The highest BCUT2D eigenvalue weighted by Crippen LogP contribution is 2.38. The summed E-state index contributed by atoms with van der Waals surface area (Å²) in [6, 6.07) is 14.9. The van der Waals surface area contributed by atoms with Gasteiger partial charge in [-0.2, -0.15) is 0 Å². The van der Waals surface area contributed by atoms with E-state index in [1.807, 2.05) is 56.3 Å². The SMILES string of the molecule is CCOc1cccc(-c2nc3nc(Cl)c(NSc4ccc(C)cn4)nc3n2-c2c(OC)cccc2OC)n1. The first-order chi connectivity index (χ1) is 18.5. The van der Waals surface area contributed by atoms with Gasteiger partial charge in [0.25, 0.3) is 0 Å². The molecule has 0 amide bonds. The summed E-state index contributed by atoms with van der Waals surface area (Å²) in [5.41, 5.74) is 2.96. The molecule has 194 valence electrons. The van der Waals surface area contributed by atoms with Crippen LogP contribution in [-0.2, 0) is 0 Å². The number of nitrogens with one attached hydrogen (secondary N) is 1. The summed E-state index contributed by atoms with van der Waals surface area (Å²) in [4.78, 5) is 23.2. The molecule has 0 atom stereocenters. The molecule has 10 nitrogen and oxygen atoms in total. The maximum Gasteiger partial charge on any atom is 0.213 e. The highest BCUT2D eigenvalue weighted by molar-refractivity contribution is 8.00. The van der Waals surface area contributed by atoms with Gasteiger partial charge in [-0.25, -0.2) is 24.9 Å². The Bertz CT molecular complexity index is 1570. The second-order valence-corrected chi connectivity index (χ2v) is 9.15. The molecule has 4 aromatic heterocycles. The standard InChI is InChI=1S/C26H24ClN7O3S/c1-5-37-19-11-6-8-16(29-19)25-32-24-26(34(25)21-17(35-3)9-7-10-18(21)36-4)31-23(22(27)30-24)33-38-20-13-12-15(2)14-28-20/h6-14H,5H2,1-4H3,(H,31,33). The summed E-state index contributed by atoms with van der Waals surface area (Å²) in [5, 5.41) is 0.919. The van der Waals surface area contributed by atoms with Crippen LogP contribution < -0.4 is 18.9 Å². The zero-order valence-corrected chi connectivity index (χ0v) is 22.7. The number of pyridine rings is 2. The van der Waals surface area contributed by atoms with Crippen molar-refractivity contribution in [2.45, 2.75) is 18.9 Å². The summed E-state index contributed by atoms with van der Waals surface area (Å²) >= 11 is 7.80. The molecular weight excluding hydrogens is 526 g/mol. The monoisotopic (exact) mass is 549 g/mol. The average Bonchev–Trinajstić information content (AvgIpc) is 3.30. The second-order valence-electron chi connectivity index (χ2n) is 7.96. The molecule has 1 aromatic carbocycles. The van der Waals surface area contributed by atoms with Crippen molar-refractivity contribution in [2.24, 2.45) is 0 Å². The Morgan fingerprint density at radius 3 is 2.39 bits per heavy atom. The largest absolute Gasteiger partial charge is 0.494 e. The Kier molecular flexibility index (Phi) is 7.47. The Morgan fingerprint density at radius 1 is 0.947 bits per heavy atom. The summed E-state index contributed by atoms with van der Waals surface area (Å²) < 4.78 is 22.0. The van der Waals surface area contributed by atoms with Gasteiger partial charge in [0.15, 0.2) is 28.1 Å². The average molecular weight is 550 g/mol. The fraction of sp³-hybridized carbons (Fsp3) is 0.192. The molecule has 0 saturated carbocycles. The van der Waals surface area contributed by atoms with Crippen molar-refractivity contribution in [1.82, 2.24) is 29.5 Å². The van der Waals surface area contributed by atoms with E-state index in [0.29, 0.717) is 58.3 Å². The van der Waals surface area contributed by atoms with E-state index >= 15 is 0 Å². The molecule has 0 bridgehead atoms. The van der Waals surface area contributed by atoms with Gasteiger partial charge in [0.05, 0.1) is 20.8 Å². The Morgan fingerprint density at radius 2 is 1.71 bits per heavy atom. The normalized spacial score (nSPS) is 11.0. The van der Waals surface area contributed by atoms with Crippen molar-refractivity contribution in [2.75, 3.05) is 25.5 Å². The summed E-state index contributed by atoms with van der Waals surface area (Å²) in [7, 11) is 3.18. The summed E-state index contributed by atoms with van der Waals surface area (Å²) in [5.74, 6) is 2.39. The number of para-hydroxylation sites is 1. The van der Waals surface area contributed by atoms with Crippen LogP contribution in [-0.4, -0.2) is 50.3 Å². The van der Waals surface area contributed by atoms with Crippen LogP contribution in [0.1, 0.15) is 12.5 Å². The van der Waals surface area contributed by atoms with E-state index in [1.165, 1.54) is 11.9 Å². The maximum atomic E-state index is 6.53. The van der Waals surface area contributed by atoms with Crippen LogP contribution >= 0.6 is 23.5 Å². The van der Waals surface area contributed by atoms with Crippen molar-refractivity contribution in [3.05, 3.63) is 65.4 Å². The molecule has 0 saturated heterocycles. The van der Waals surface area contributed by atoms with Crippen molar-refractivity contribution in [3.63, 3.8) is 0 Å². The van der Waals surface area contributed by atoms with Crippen molar-refractivity contribution >= 4 is 40.7 Å². The maximum absolute atomic E-state index is 6.53. The minimum atomic E-state index is 0.163. The van der Waals surface area contributed by atoms with E-state index in [2.05, 4.69) is 19.7 Å². The van der Waals surface area contributed by atoms with Crippen LogP contribution in [0.3, 0.4) is 0 Å². The number of rotatable bonds is 9. The van der Waals surface area contributed by atoms with Crippen LogP contribution in [0.15, 0.2) is 59.8 Å². The zero-order chi connectivity index (χ0) is 26.6. The highest BCUT2D eigenvalue weighted by atomic mass is 35.5. The number of anilines is 1. The van der Waals surface area contributed by atoms with E-state index in [-0.39, 0.29) is 5.15 Å². The molecule has 38 heavy (non-hydrogen) atoms. The third-order valence-electron chi connectivity index (χ3n) is 5.46. The van der Waals surface area contributed by atoms with Gasteiger partial charge in [0, 0.05) is 24.2 Å². The number of nitrogens with zero attached hydrogens (tertiary/aromatic N) is 6. The quantitative estimate of drug-likeness (QED) is 0.227. The lowest BCUT2D eigenvalue weighted by Gasteiger charge is -2.16. The molecule has 12 heteroatoms. The number of imidazole rings is 1. The number of benzene rings is 1. The fourth-order valence-electron chi connectivity index (χ4n) is 3.76. The Hall–Kier alpha value is -4.09. The lowest BCUT2D eigenvalue weighted by atomic mass is 10.2. The van der Waals surface area contributed by atoms with Gasteiger partial charge < -0.3 is 18.9 Å². The minimum absolute atomic E-state index is 0.163. The molecule has 0 aliphatic heterocycles. The number of aryl methyl sites for hydroxylation is 1. The molecular formula is C26H24ClN7O3S. The minimum Gasteiger partial charge on any atom is -0.494 e. The van der Waals surface area contributed by atoms with Crippen LogP contribution in [0.4, 0.5) is 5.82 Å². The third-order valence-corrected chi connectivity index (χ3v) is 6.47. The molecule has 4 heterocycles. The first kappa shape index (κ1) is 25.6. The van der Waals surface area contributed by atoms with Crippen molar-refractivity contribution in [3.8, 4) is 34.6 Å². The highest BCUT2D eigenvalue weighted by Gasteiger charge is 2.25. The molecule has 0 spiro atoms. The van der Waals surface area contributed by atoms with Gasteiger partial charge in [-0.3, -0.25) is 4.57 Å². The fourth-order valence-corrected chi connectivity index (χ4v) is 4.57. The molecule has 0 aliphatic rings. The predicted octanol–water partition coefficient (Wildman–Crippen LogP) is 5.77. The van der Waals surface area contributed by atoms with E-state index in [9.17, 15) is 0 Å². The zero-order valence-electron chi connectivity index (χ0n) is 21.1. The molecule has 5 rings (SSSR count). The van der Waals surface area contributed by atoms with Crippen LogP contribution in [0, 0.1) is 6.92 Å². The molecule has 0 radical (unpaired) electrons. The number of ether oxygens (including phenoxy) is 3. The van der Waals surface area contributed by atoms with Gasteiger partial charge in [-0.15, -0.1) is 0 Å². The summed E-state index contributed by atoms with van der Waals surface area (Å²) in [6.07, 6.45) is 1.79. The lowest BCUT2D eigenvalue weighted by molar-refractivity contribution is 0.327. The van der Waals surface area contributed by atoms with Crippen LogP contribution in [0.2, 0.25) is 5.15 Å². The number of hydrogen-bond donors (Lipinski definition) is 1. The first-order valence-corrected chi connectivity index (χ1v) is 12.8. The number of fused-ring (bicyclic) bond motifs is 1. The molecule has 1 N–H and O–H groups in total. The number of halogens is 1. The Labute approximate surface area is 228 Å². The Balaban J connectivity index is 1.71. The topological polar surface area (TPSA) is 109 Å². The van der Waals surface area contributed by atoms with Crippen molar-refractivity contribution in [1.29, 1.82) is 0 Å². The van der Waals surface area contributed by atoms with Crippen LogP contribution in [0.5, 0.6) is 17.4 Å². The van der Waals surface area contributed by atoms with E-state index in [1.54, 1.807) is 31.0 Å². The first-order valence-electron chi connectivity index (χ1n) is 11.7. The van der Waals surface area contributed by atoms with E-state index < -0.39 is 0 Å². The number of methoxy groups -OCH3 is 2. The lowest BCUT2D eigenvalue weighted by Crippen LogP contribution is -2.06. The third kappa shape index (κ3) is 5.02. The van der Waals surface area contributed by atoms with E-state index in [4.69, 9.17) is 35.8 Å². The molecule has 5 aromatic rings. The predicted molar refractivity (Wildman–Crippen MR) is 148 cm³/mol. The smallest absolute Gasteiger partial charge is 0.213 e. The van der Waals surface area contributed by atoms with Gasteiger partial charge in [0.1, 0.15) is 27.9 Å². The van der Waals surface area contributed by atoms with E-state index in [0.717, 1.165) is 10.6 Å². The van der Waals surface area contributed by atoms with Gasteiger partial charge in [-0.05, 0) is 43.7 Å². The molecule has 0 fully saturated rings. The van der Waals surface area contributed by atoms with Gasteiger partial charge >= 0.3 is 0 Å². The molecule has 0 aliphatic carbocycles. The van der Waals surface area contributed by atoms with Crippen molar-refractivity contribution < 1.29 is 14.2 Å². The van der Waals surface area contributed by atoms with Crippen LogP contribution in [0.25, 0.3) is 28.5 Å². The summed E-state index contributed by atoms with van der Waals surface area (Å²) in [6.45, 7) is 4.36. The van der Waals surface area contributed by atoms with Gasteiger partial charge in [0.2, 0.25) is 5.88 Å². The number of hydrogen-bond acceptors (Lipinski definition) is 10.